The van der Waals surface area contributed by atoms with Crippen molar-refractivity contribution in [3.8, 4) is 5.75 Å². The zero-order valence-corrected chi connectivity index (χ0v) is 10.3. The van der Waals surface area contributed by atoms with Gasteiger partial charge in [-0.2, -0.15) is 0 Å². The van der Waals surface area contributed by atoms with Crippen molar-refractivity contribution in [1.82, 2.24) is 4.90 Å². The number of hydrogen-bond acceptors (Lipinski definition) is 3. The second kappa shape index (κ2) is 6.62. The van der Waals surface area contributed by atoms with Crippen LogP contribution < -0.4 is 10.5 Å². The summed E-state index contributed by atoms with van der Waals surface area (Å²) in [5.41, 5.74) is 5.73. The summed E-state index contributed by atoms with van der Waals surface area (Å²) in [6.45, 7) is 4.91. The van der Waals surface area contributed by atoms with Crippen LogP contribution >= 0.6 is 0 Å². The van der Waals surface area contributed by atoms with E-state index in [9.17, 15) is 0 Å². The fraction of sp³-hybridized carbons (Fsp3) is 0.571. The van der Waals surface area contributed by atoms with Gasteiger partial charge in [0.2, 0.25) is 0 Å². The van der Waals surface area contributed by atoms with Crippen molar-refractivity contribution in [2.24, 2.45) is 11.7 Å². The van der Waals surface area contributed by atoms with Crippen molar-refractivity contribution >= 4 is 0 Å². The number of ether oxygens (including phenoxy) is 1. The molecule has 1 aromatic carbocycles. The van der Waals surface area contributed by atoms with Gasteiger partial charge in [0.1, 0.15) is 12.4 Å². The van der Waals surface area contributed by atoms with Crippen LogP contribution in [0.5, 0.6) is 5.75 Å². The average molecular weight is 234 g/mol. The molecule has 1 atom stereocenters. The van der Waals surface area contributed by atoms with Crippen LogP contribution in [0.25, 0.3) is 0 Å². The van der Waals surface area contributed by atoms with E-state index in [0.717, 1.165) is 32.0 Å². The molecule has 17 heavy (non-hydrogen) atoms. The van der Waals surface area contributed by atoms with E-state index in [1.807, 2.05) is 30.3 Å². The predicted octanol–water partition coefficient (Wildman–Crippen LogP) is 1.74. The molecule has 0 unspecified atom stereocenters. The van der Waals surface area contributed by atoms with Gasteiger partial charge < -0.3 is 10.5 Å². The summed E-state index contributed by atoms with van der Waals surface area (Å²) in [5, 5.41) is 0. The van der Waals surface area contributed by atoms with Gasteiger partial charge in [-0.05, 0) is 44.0 Å². The first-order valence-electron chi connectivity index (χ1n) is 6.49. The molecule has 1 aliphatic heterocycles. The third-order valence-corrected chi connectivity index (χ3v) is 3.36. The van der Waals surface area contributed by atoms with Crippen molar-refractivity contribution < 1.29 is 4.74 Å². The summed E-state index contributed by atoms with van der Waals surface area (Å²) in [6, 6.07) is 10.0. The van der Waals surface area contributed by atoms with Gasteiger partial charge in [0.15, 0.2) is 0 Å². The molecule has 1 aromatic rings. The Labute approximate surface area is 104 Å². The fourth-order valence-corrected chi connectivity index (χ4v) is 2.36. The van der Waals surface area contributed by atoms with Crippen LogP contribution in [0.1, 0.15) is 12.8 Å². The van der Waals surface area contributed by atoms with E-state index in [0.29, 0.717) is 5.92 Å². The summed E-state index contributed by atoms with van der Waals surface area (Å²) in [4.78, 5) is 2.46. The maximum Gasteiger partial charge on any atom is 0.119 e. The van der Waals surface area contributed by atoms with Crippen molar-refractivity contribution in [3.63, 3.8) is 0 Å². The standard InChI is InChI=1S/C14H22N2O/c15-11-13-5-4-8-16(12-13)9-10-17-14-6-2-1-3-7-14/h1-3,6-7,13H,4-5,8-12,15H2/t13-/m0/s1. The summed E-state index contributed by atoms with van der Waals surface area (Å²) >= 11 is 0. The van der Waals surface area contributed by atoms with Crippen molar-refractivity contribution in [1.29, 1.82) is 0 Å². The number of benzene rings is 1. The topological polar surface area (TPSA) is 38.5 Å². The van der Waals surface area contributed by atoms with E-state index in [4.69, 9.17) is 10.5 Å². The van der Waals surface area contributed by atoms with Crippen LogP contribution in [0.15, 0.2) is 30.3 Å². The van der Waals surface area contributed by atoms with Gasteiger partial charge in [-0.1, -0.05) is 18.2 Å². The van der Waals surface area contributed by atoms with E-state index in [1.54, 1.807) is 0 Å². The summed E-state index contributed by atoms with van der Waals surface area (Å²) in [5.74, 6) is 1.64. The number of likely N-dealkylation sites (tertiary alicyclic amines) is 1. The number of hydrogen-bond donors (Lipinski definition) is 1. The summed E-state index contributed by atoms with van der Waals surface area (Å²) in [7, 11) is 0. The molecule has 3 heteroatoms. The normalized spacial score (nSPS) is 21.4. The molecule has 0 spiro atoms. The quantitative estimate of drug-likeness (QED) is 0.843. The smallest absolute Gasteiger partial charge is 0.119 e. The number of nitrogens with zero attached hydrogens (tertiary/aromatic N) is 1. The molecule has 0 amide bonds. The first kappa shape index (κ1) is 12.4. The third-order valence-electron chi connectivity index (χ3n) is 3.36. The van der Waals surface area contributed by atoms with Crippen LogP contribution in [-0.4, -0.2) is 37.7 Å². The second-order valence-electron chi connectivity index (χ2n) is 4.71. The zero-order valence-electron chi connectivity index (χ0n) is 10.3. The number of para-hydroxylation sites is 1. The first-order valence-corrected chi connectivity index (χ1v) is 6.49. The van der Waals surface area contributed by atoms with Crippen LogP contribution in [0.3, 0.4) is 0 Å². The lowest BCUT2D eigenvalue weighted by molar-refractivity contribution is 0.149. The van der Waals surface area contributed by atoms with Crippen LogP contribution in [0, 0.1) is 5.92 Å². The lowest BCUT2D eigenvalue weighted by Crippen LogP contribution is -2.40. The molecule has 0 radical (unpaired) electrons. The molecule has 0 saturated carbocycles. The lowest BCUT2D eigenvalue weighted by atomic mass is 9.98. The fourth-order valence-electron chi connectivity index (χ4n) is 2.36. The molecule has 0 bridgehead atoms. The Kier molecular flexibility index (Phi) is 4.83. The van der Waals surface area contributed by atoms with E-state index in [2.05, 4.69) is 4.90 Å². The molecular formula is C14H22N2O. The van der Waals surface area contributed by atoms with Gasteiger partial charge in [0.25, 0.3) is 0 Å². The van der Waals surface area contributed by atoms with E-state index >= 15 is 0 Å². The molecule has 2 rings (SSSR count). The van der Waals surface area contributed by atoms with Crippen LogP contribution in [0.4, 0.5) is 0 Å². The maximum absolute atomic E-state index is 5.73. The van der Waals surface area contributed by atoms with E-state index in [-0.39, 0.29) is 0 Å². The zero-order chi connectivity index (χ0) is 11.9. The lowest BCUT2D eigenvalue weighted by Gasteiger charge is -2.31. The first-order chi connectivity index (χ1) is 8.38. The van der Waals surface area contributed by atoms with Gasteiger partial charge in [-0.25, -0.2) is 0 Å². The van der Waals surface area contributed by atoms with Crippen LogP contribution in [-0.2, 0) is 0 Å². The number of nitrogens with two attached hydrogens (primary N) is 1. The molecule has 2 N–H and O–H groups in total. The minimum Gasteiger partial charge on any atom is -0.492 e. The summed E-state index contributed by atoms with van der Waals surface area (Å²) < 4.78 is 5.70. The highest BCUT2D eigenvalue weighted by Crippen LogP contribution is 2.15. The van der Waals surface area contributed by atoms with Crippen molar-refractivity contribution in [3.05, 3.63) is 30.3 Å². The third kappa shape index (κ3) is 4.02. The number of piperidine rings is 1. The highest BCUT2D eigenvalue weighted by atomic mass is 16.5. The highest BCUT2D eigenvalue weighted by Gasteiger charge is 2.18. The minimum atomic E-state index is 0.681. The Morgan fingerprint density at radius 3 is 2.88 bits per heavy atom. The Morgan fingerprint density at radius 1 is 1.29 bits per heavy atom. The summed E-state index contributed by atoms with van der Waals surface area (Å²) in [6.07, 6.45) is 2.56. The van der Waals surface area contributed by atoms with Gasteiger partial charge >= 0.3 is 0 Å². The number of rotatable bonds is 5. The molecule has 1 saturated heterocycles. The molecule has 1 aliphatic rings. The Bertz CT molecular complexity index is 315. The maximum atomic E-state index is 5.73. The Balaban J connectivity index is 1.68. The highest BCUT2D eigenvalue weighted by molar-refractivity contribution is 5.20. The molecule has 1 heterocycles. The van der Waals surface area contributed by atoms with E-state index in [1.165, 1.54) is 19.4 Å². The Morgan fingerprint density at radius 2 is 2.12 bits per heavy atom. The molecular weight excluding hydrogens is 212 g/mol. The van der Waals surface area contributed by atoms with Crippen molar-refractivity contribution in [2.45, 2.75) is 12.8 Å². The second-order valence-corrected chi connectivity index (χ2v) is 4.71. The predicted molar refractivity (Wildman–Crippen MR) is 70.2 cm³/mol. The molecule has 1 fully saturated rings. The minimum absolute atomic E-state index is 0.681. The van der Waals surface area contributed by atoms with E-state index < -0.39 is 0 Å². The SMILES string of the molecule is NC[C@@H]1CCCN(CCOc2ccccc2)C1. The molecule has 3 nitrogen and oxygen atoms in total. The largest absolute Gasteiger partial charge is 0.492 e. The molecule has 0 aliphatic carbocycles. The molecule has 94 valence electrons. The monoisotopic (exact) mass is 234 g/mol. The Hall–Kier alpha value is -1.06. The molecule has 0 aromatic heterocycles. The van der Waals surface area contributed by atoms with Crippen LogP contribution in [0.2, 0.25) is 0 Å². The van der Waals surface area contributed by atoms with Gasteiger partial charge in [0.05, 0.1) is 0 Å². The van der Waals surface area contributed by atoms with Gasteiger partial charge in [0, 0.05) is 13.1 Å². The van der Waals surface area contributed by atoms with Gasteiger partial charge in [-0.3, -0.25) is 4.90 Å². The average Bonchev–Trinajstić information content (AvgIpc) is 2.40. The van der Waals surface area contributed by atoms with Gasteiger partial charge in [-0.15, -0.1) is 0 Å². The van der Waals surface area contributed by atoms with Crippen molar-refractivity contribution in [2.75, 3.05) is 32.8 Å².